The smallest absolute Gasteiger partial charge is 0.152 e. The first kappa shape index (κ1) is 10.6. The molecule has 2 unspecified atom stereocenters. The molecule has 4 heteroatoms. The summed E-state index contributed by atoms with van der Waals surface area (Å²) in [6.07, 6.45) is 2.71. The number of fused-ring (bicyclic) bond motifs is 1. The summed E-state index contributed by atoms with van der Waals surface area (Å²) < 4.78 is 23.1. The maximum Gasteiger partial charge on any atom is 0.152 e. The predicted molar refractivity (Wildman–Crippen MR) is 60.3 cm³/mol. The predicted octanol–water partition coefficient (Wildman–Crippen LogP) is 1.05. The maximum absolute atomic E-state index is 11.5. The van der Waals surface area contributed by atoms with Crippen molar-refractivity contribution in [2.24, 2.45) is 5.73 Å². The summed E-state index contributed by atoms with van der Waals surface area (Å²) in [5, 5.41) is -0.424. The number of rotatable bonds is 1. The topological polar surface area (TPSA) is 60.2 Å². The van der Waals surface area contributed by atoms with E-state index in [1.165, 1.54) is 11.8 Å². The van der Waals surface area contributed by atoms with E-state index in [-0.39, 0.29) is 6.04 Å². The lowest BCUT2D eigenvalue weighted by molar-refractivity contribution is 0.525. The molecule has 0 saturated carbocycles. The van der Waals surface area contributed by atoms with E-state index in [4.69, 9.17) is 5.73 Å². The minimum absolute atomic E-state index is 0.370. The minimum atomic E-state index is -3.04. The first-order valence-corrected chi connectivity index (χ1v) is 6.98. The fraction of sp³-hybridized carbons (Fsp3) is 0.455. The van der Waals surface area contributed by atoms with E-state index in [9.17, 15) is 8.42 Å². The molecular weight excluding hydrogens is 210 g/mol. The van der Waals surface area contributed by atoms with Gasteiger partial charge >= 0.3 is 0 Å². The van der Waals surface area contributed by atoms with Crippen LogP contribution in [-0.4, -0.2) is 19.9 Å². The van der Waals surface area contributed by atoms with Crippen molar-refractivity contribution in [1.29, 1.82) is 0 Å². The Morgan fingerprint density at radius 1 is 1.33 bits per heavy atom. The third-order valence-electron chi connectivity index (χ3n) is 3.06. The van der Waals surface area contributed by atoms with Gasteiger partial charge in [-0.1, -0.05) is 24.3 Å². The average Bonchev–Trinajstić information content (AvgIpc) is 2.16. The van der Waals surface area contributed by atoms with E-state index in [1.807, 2.05) is 24.3 Å². The summed E-state index contributed by atoms with van der Waals surface area (Å²) in [6, 6.07) is 7.45. The zero-order valence-electron chi connectivity index (χ0n) is 8.68. The molecule has 0 amide bonds. The molecule has 0 spiro atoms. The molecule has 2 rings (SSSR count). The number of hydrogen-bond acceptors (Lipinski definition) is 3. The van der Waals surface area contributed by atoms with Crippen LogP contribution >= 0.6 is 0 Å². The Hall–Kier alpha value is -0.870. The molecule has 1 aromatic carbocycles. The molecule has 0 bridgehead atoms. The highest BCUT2D eigenvalue weighted by Crippen LogP contribution is 2.31. The quantitative estimate of drug-likeness (QED) is 0.777. The van der Waals surface area contributed by atoms with E-state index < -0.39 is 15.1 Å². The van der Waals surface area contributed by atoms with Crippen LogP contribution in [0, 0.1) is 0 Å². The van der Waals surface area contributed by atoms with E-state index >= 15 is 0 Å². The van der Waals surface area contributed by atoms with Crippen molar-refractivity contribution in [2.75, 3.05) is 6.26 Å². The molecule has 0 saturated heterocycles. The van der Waals surface area contributed by atoms with Gasteiger partial charge in [0.1, 0.15) is 0 Å². The summed E-state index contributed by atoms with van der Waals surface area (Å²) in [5.41, 5.74) is 8.17. The second kappa shape index (κ2) is 3.61. The van der Waals surface area contributed by atoms with Crippen LogP contribution in [0.15, 0.2) is 24.3 Å². The van der Waals surface area contributed by atoms with Crippen LogP contribution in [0.3, 0.4) is 0 Å². The van der Waals surface area contributed by atoms with Gasteiger partial charge in [-0.3, -0.25) is 0 Å². The molecule has 1 aromatic rings. The zero-order chi connectivity index (χ0) is 11.1. The van der Waals surface area contributed by atoms with Crippen LogP contribution in [0.1, 0.15) is 23.6 Å². The van der Waals surface area contributed by atoms with E-state index in [0.29, 0.717) is 6.42 Å². The molecule has 0 aromatic heterocycles. The van der Waals surface area contributed by atoms with Gasteiger partial charge in [0.05, 0.1) is 5.25 Å². The van der Waals surface area contributed by atoms with Crippen LogP contribution in [0.2, 0.25) is 0 Å². The van der Waals surface area contributed by atoms with Gasteiger partial charge in [-0.05, 0) is 24.0 Å². The summed E-state index contributed by atoms with van der Waals surface area (Å²) in [4.78, 5) is 0. The fourth-order valence-corrected chi connectivity index (χ4v) is 3.47. The summed E-state index contributed by atoms with van der Waals surface area (Å²) in [5.74, 6) is 0. The van der Waals surface area contributed by atoms with Gasteiger partial charge in [-0.2, -0.15) is 0 Å². The first-order valence-electron chi connectivity index (χ1n) is 5.02. The number of hydrogen-bond donors (Lipinski definition) is 1. The standard InChI is InChI=1S/C11H15NO2S/c1-15(13,14)10-7-6-8-4-2-3-5-9(8)11(10)12/h2-5,10-11H,6-7,12H2,1H3. The molecule has 15 heavy (non-hydrogen) atoms. The van der Waals surface area contributed by atoms with Gasteiger partial charge in [0.2, 0.25) is 0 Å². The Labute approximate surface area is 90.2 Å². The van der Waals surface area contributed by atoms with Gasteiger partial charge in [-0.15, -0.1) is 0 Å². The van der Waals surface area contributed by atoms with Gasteiger partial charge < -0.3 is 5.73 Å². The monoisotopic (exact) mass is 225 g/mol. The van der Waals surface area contributed by atoms with Crippen molar-refractivity contribution < 1.29 is 8.42 Å². The van der Waals surface area contributed by atoms with Crippen molar-refractivity contribution in [3.63, 3.8) is 0 Å². The summed E-state index contributed by atoms with van der Waals surface area (Å²) >= 11 is 0. The van der Waals surface area contributed by atoms with E-state index in [0.717, 1.165) is 12.0 Å². The molecule has 1 aliphatic carbocycles. The number of aryl methyl sites for hydroxylation is 1. The normalized spacial score (nSPS) is 26.0. The second-order valence-electron chi connectivity index (χ2n) is 4.13. The number of benzene rings is 1. The molecule has 82 valence electrons. The van der Waals surface area contributed by atoms with Crippen molar-refractivity contribution in [3.05, 3.63) is 35.4 Å². The van der Waals surface area contributed by atoms with Crippen LogP contribution in [0.4, 0.5) is 0 Å². The minimum Gasteiger partial charge on any atom is -0.323 e. The Morgan fingerprint density at radius 3 is 2.67 bits per heavy atom. The van der Waals surface area contributed by atoms with E-state index in [2.05, 4.69) is 0 Å². The molecule has 2 atom stereocenters. The molecular formula is C11H15NO2S. The SMILES string of the molecule is CS(=O)(=O)C1CCc2ccccc2C1N. The molecule has 3 nitrogen and oxygen atoms in total. The van der Waals surface area contributed by atoms with Gasteiger partial charge in [0, 0.05) is 12.3 Å². The summed E-state index contributed by atoms with van der Waals surface area (Å²) in [7, 11) is -3.04. The molecule has 2 N–H and O–H groups in total. The van der Waals surface area contributed by atoms with Crippen LogP contribution in [-0.2, 0) is 16.3 Å². The third kappa shape index (κ3) is 1.92. The van der Waals surface area contributed by atoms with E-state index in [1.54, 1.807) is 0 Å². The number of sulfone groups is 1. The Balaban J connectivity index is 2.42. The molecule has 0 radical (unpaired) electrons. The van der Waals surface area contributed by atoms with Crippen LogP contribution < -0.4 is 5.73 Å². The summed E-state index contributed by atoms with van der Waals surface area (Å²) in [6.45, 7) is 0. The lowest BCUT2D eigenvalue weighted by atomic mass is 9.88. The largest absolute Gasteiger partial charge is 0.323 e. The van der Waals surface area contributed by atoms with Crippen molar-refractivity contribution >= 4 is 9.84 Å². The number of nitrogens with two attached hydrogens (primary N) is 1. The molecule has 1 aliphatic rings. The lowest BCUT2D eigenvalue weighted by Crippen LogP contribution is -2.37. The van der Waals surface area contributed by atoms with Crippen molar-refractivity contribution in [2.45, 2.75) is 24.1 Å². The van der Waals surface area contributed by atoms with Crippen LogP contribution in [0.5, 0.6) is 0 Å². The molecule has 0 heterocycles. The molecule has 0 aliphatic heterocycles. The maximum atomic E-state index is 11.5. The zero-order valence-corrected chi connectivity index (χ0v) is 9.50. The first-order chi connectivity index (χ1) is 7.00. The van der Waals surface area contributed by atoms with Gasteiger partial charge in [-0.25, -0.2) is 8.42 Å². The lowest BCUT2D eigenvalue weighted by Gasteiger charge is -2.29. The molecule has 0 fully saturated rings. The Bertz CT molecular complexity index is 467. The Kier molecular flexibility index (Phi) is 2.56. The Morgan fingerprint density at radius 2 is 2.00 bits per heavy atom. The van der Waals surface area contributed by atoms with Crippen molar-refractivity contribution in [1.82, 2.24) is 0 Å². The average molecular weight is 225 g/mol. The highest BCUT2D eigenvalue weighted by Gasteiger charge is 2.33. The second-order valence-corrected chi connectivity index (χ2v) is 6.40. The van der Waals surface area contributed by atoms with Crippen LogP contribution in [0.25, 0.3) is 0 Å². The highest BCUT2D eigenvalue weighted by molar-refractivity contribution is 7.91. The highest BCUT2D eigenvalue weighted by atomic mass is 32.2. The van der Waals surface area contributed by atoms with Gasteiger partial charge in [0.15, 0.2) is 9.84 Å². The van der Waals surface area contributed by atoms with Crippen molar-refractivity contribution in [3.8, 4) is 0 Å². The third-order valence-corrected chi connectivity index (χ3v) is 4.69. The van der Waals surface area contributed by atoms with Gasteiger partial charge in [0.25, 0.3) is 0 Å². The fourth-order valence-electron chi connectivity index (χ4n) is 2.25.